The van der Waals surface area contributed by atoms with Gasteiger partial charge in [-0.1, -0.05) is 25.1 Å². The highest BCUT2D eigenvalue weighted by molar-refractivity contribution is 6.23. The number of hydrogen-bond donors (Lipinski definition) is 1. The number of imide groups is 1. The molecule has 0 spiro atoms. The summed E-state index contributed by atoms with van der Waals surface area (Å²) in [6.07, 6.45) is 0.948. The fourth-order valence-corrected chi connectivity index (χ4v) is 3.08. The molecule has 25 heavy (non-hydrogen) atoms. The van der Waals surface area contributed by atoms with Gasteiger partial charge in [0.25, 0.3) is 5.91 Å². The third kappa shape index (κ3) is 3.36. The highest BCUT2D eigenvalue weighted by Gasteiger charge is 2.40. The molecular weight excluding hydrogens is 314 g/mol. The van der Waals surface area contributed by atoms with E-state index in [4.69, 9.17) is 0 Å². The summed E-state index contributed by atoms with van der Waals surface area (Å²) >= 11 is 0. The molecule has 0 radical (unpaired) electrons. The van der Waals surface area contributed by atoms with Crippen molar-refractivity contribution in [3.05, 3.63) is 54.1 Å². The van der Waals surface area contributed by atoms with Crippen molar-refractivity contribution in [3.8, 4) is 0 Å². The molecule has 1 aliphatic rings. The first-order chi connectivity index (χ1) is 12.0. The van der Waals surface area contributed by atoms with E-state index in [2.05, 4.69) is 5.32 Å². The average Bonchev–Trinajstić information content (AvgIpc) is 2.89. The van der Waals surface area contributed by atoms with Crippen molar-refractivity contribution in [1.82, 2.24) is 0 Å². The smallest absolute Gasteiger partial charge is 0.256 e. The molecule has 0 saturated carbocycles. The maximum atomic E-state index is 12.8. The normalized spacial score (nSPS) is 17.1. The highest BCUT2D eigenvalue weighted by Crippen LogP contribution is 2.28. The molecule has 5 nitrogen and oxygen atoms in total. The number of anilines is 3. The minimum Gasteiger partial charge on any atom is -0.378 e. The third-order valence-corrected chi connectivity index (χ3v) is 4.48. The highest BCUT2D eigenvalue weighted by atomic mass is 16.2. The van der Waals surface area contributed by atoms with Crippen molar-refractivity contribution in [2.75, 3.05) is 29.2 Å². The Labute approximate surface area is 148 Å². The van der Waals surface area contributed by atoms with Gasteiger partial charge < -0.3 is 10.2 Å². The van der Waals surface area contributed by atoms with Crippen molar-refractivity contribution in [3.63, 3.8) is 0 Å². The van der Waals surface area contributed by atoms with Crippen LogP contribution >= 0.6 is 0 Å². The van der Waals surface area contributed by atoms with Gasteiger partial charge in [0.2, 0.25) is 5.91 Å². The van der Waals surface area contributed by atoms with Crippen LogP contribution in [-0.4, -0.2) is 32.0 Å². The molecule has 1 fully saturated rings. The number of benzene rings is 2. The zero-order valence-corrected chi connectivity index (χ0v) is 14.8. The van der Waals surface area contributed by atoms with E-state index in [0.717, 1.165) is 23.4 Å². The molecule has 2 aromatic rings. The van der Waals surface area contributed by atoms with Crippen LogP contribution in [0.3, 0.4) is 0 Å². The number of carbonyl (C=O) groups is 2. The van der Waals surface area contributed by atoms with Crippen LogP contribution in [0.1, 0.15) is 18.9 Å². The second kappa shape index (κ2) is 6.97. The van der Waals surface area contributed by atoms with Crippen molar-refractivity contribution in [1.29, 1.82) is 0 Å². The van der Waals surface area contributed by atoms with Gasteiger partial charge in [0, 0.05) is 25.5 Å². The standard InChI is InChI=1S/C20H23N3O2/c1-4-14-7-5-6-8-18(14)23-19(24)13-17(20(23)25)21-15-9-11-16(12-10-15)22(2)3/h5-12,17,21H,4,13H2,1-3H3. The number of hydrogen-bond acceptors (Lipinski definition) is 4. The molecule has 1 unspecified atom stereocenters. The summed E-state index contributed by atoms with van der Waals surface area (Å²) in [5.41, 5.74) is 3.62. The van der Waals surface area contributed by atoms with E-state index < -0.39 is 6.04 Å². The van der Waals surface area contributed by atoms with Gasteiger partial charge in [0.15, 0.2) is 0 Å². The molecule has 2 amide bonds. The molecular formula is C20H23N3O2. The number of nitrogens with one attached hydrogen (secondary N) is 1. The molecule has 0 aromatic heterocycles. The lowest BCUT2D eigenvalue weighted by Crippen LogP contribution is -2.35. The molecule has 5 heteroatoms. The monoisotopic (exact) mass is 337 g/mol. The summed E-state index contributed by atoms with van der Waals surface area (Å²) in [7, 11) is 3.95. The molecule has 1 N–H and O–H groups in total. The first kappa shape index (κ1) is 17.0. The SMILES string of the molecule is CCc1ccccc1N1C(=O)CC(Nc2ccc(N(C)C)cc2)C1=O. The van der Waals surface area contributed by atoms with E-state index in [1.807, 2.05) is 74.4 Å². The van der Waals surface area contributed by atoms with Crippen molar-refractivity contribution in [2.24, 2.45) is 0 Å². The molecule has 0 bridgehead atoms. The Morgan fingerprint density at radius 3 is 2.40 bits per heavy atom. The van der Waals surface area contributed by atoms with E-state index in [-0.39, 0.29) is 18.2 Å². The van der Waals surface area contributed by atoms with Gasteiger partial charge in [-0.25, -0.2) is 4.90 Å². The lowest BCUT2D eigenvalue weighted by Gasteiger charge is -2.19. The lowest BCUT2D eigenvalue weighted by molar-refractivity contribution is -0.121. The first-order valence-electron chi connectivity index (χ1n) is 8.50. The van der Waals surface area contributed by atoms with E-state index in [1.165, 1.54) is 4.90 Å². The molecule has 3 rings (SSSR count). The van der Waals surface area contributed by atoms with E-state index in [9.17, 15) is 9.59 Å². The van der Waals surface area contributed by atoms with Crippen LogP contribution < -0.4 is 15.1 Å². The Hall–Kier alpha value is -2.82. The number of amides is 2. The average molecular weight is 337 g/mol. The molecule has 1 saturated heterocycles. The van der Waals surface area contributed by atoms with Crippen molar-refractivity contribution < 1.29 is 9.59 Å². The summed E-state index contributed by atoms with van der Waals surface area (Å²) in [5, 5.41) is 3.19. The zero-order valence-electron chi connectivity index (χ0n) is 14.8. The van der Waals surface area contributed by atoms with Crippen LogP contribution in [0.5, 0.6) is 0 Å². The molecule has 2 aromatic carbocycles. The maximum Gasteiger partial charge on any atom is 0.256 e. The minimum atomic E-state index is -0.525. The number of rotatable bonds is 5. The quantitative estimate of drug-likeness (QED) is 0.852. The number of carbonyl (C=O) groups excluding carboxylic acids is 2. The predicted octanol–water partition coefficient (Wildman–Crippen LogP) is 3.06. The molecule has 1 aliphatic heterocycles. The van der Waals surface area contributed by atoms with E-state index in [0.29, 0.717) is 5.69 Å². The number of aryl methyl sites for hydroxylation is 1. The third-order valence-electron chi connectivity index (χ3n) is 4.48. The van der Waals surface area contributed by atoms with Crippen LogP contribution in [0, 0.1) is 0 Å². The number of para-hydroxylation sites is 1. The molecule has 1 heterocycles. The summed E-state index contributed by atoms with van der Waals surface area (Å²) in [6.45, 7) is 2.02. The summed E-state index contributed by atoms with van der Waals surface area (Å²) in [4.78, 5) is 28.6. The van der Waals surface area contributed by atoms with Gasteiger partial charge in [0.05, 0.1) is 12.1 Å². The van der Waals surface area contributed by atoms with Crippen molar-refractivity contribution in [2.45, 2.75) is 25.8 Å². The zero-order chi connectivity index (χ0) is 18.0. The fraction of sp³-hybridized carbons (Fsp3) is 0.300. The largest absolute Gasteiger partial charge is 0.378 e. The van der Waals surface area contributed by atoms with Crippen LogP contribution in [0.25, 0.3) is 0 Å². The van der Waals surface area contributed by atoms with Gasteiger partial charge in [-0.15, -0.1) is 0 Å². The van der Waals surface area contributed by atoms with Gasteiger partial charge >= 0.3 is 0 Å². The fourth-order valence-electron chi connectivity index (χ4n) is 3.08. The second-order valence-electron chi connectivity index (χ2n) is 6.39. The van der Waals surface area contributed by atoms with Crippen LogP contribution in [0.4, 0.5) is 17.1 Å². The van der Waals surface area contributed by atoms with Gasteiger partial charge in [0.1, 0.15) is 6.04 Å². The Kier molecular flexibility index (Phi) is 4.74. The first-order valence-corrected chi connectivity index (χ1v) is 8.50. The van der Waals surface area contributed by atoms with E-state index >= 15 is 0 Å². The van der Waals surface area contributed by atoms with Crippen LogP contribution in [-0.2, 0) is 16.0 Å². The Bertz CT molecular complexity index is 784. The van der Waals surface area contributed by atoms with Crippen LogP contribution in [0.2, 0.25) is 0 Å². The lowest BCUT2D eigenvalue weighted by atomic mass is 10.1. The van der Waals surface area contributed by atoms with Gasteiger partial charge in [-0.2, -0.15) is 0 Å². The van der Waals surface area contributed by atoms with Crippen molar-refractivity contribution >= 4 is 28.9 Å². The van der Waals surface area contributed by atoms with Gasteiger partial charge in [-0.05, 0) is 42.3 Å². The second-order valence-corrected chi connectivity index (χ2v) is 6.39. The Morgan fingerprint density at radius 2 is 1.76 bits per heavy atom. The van der Waals surface area contributed by atoms with E-state index in [1.54, 1.807) is 0 Å². The maximum absolute atomic E-state index is 12.8. The van der Waals surface area contributed by atoms with Crippen LogP contribution in [0.15, 0.2) is 48.5 Å². The molecule has 0 aliphatic carbocycles. The summed E-state index contributed by atoms with van der Waals surface area (Å²) in [6, 6.07) is 14.9. The minimum absolute atomic E-state index is 0.159. The van der Waals surface area contributed by atoms with Gasteiger partial charge in [-0.3, -0.25) is 9.59 Å². The number of nitrogens with zero attached hydrogens (tertiary/aromatic N) is 2. The topological polar surface area (TPSA) is 52.7 Å². The molecule has 130 valence electrons. The Morgan fingerprint density at radius 1 is 1.08 bits per heavy atom. The Balaban J connectivity index is 1.79. The summed E-state index contributed by atoms with van der Waals surface area (Å²) < 4.78 is 0. The molecule has 1 atom stereocenters. The predicted molar refractivity (Wildman–Crippen MR) is 101 cm³/mol. The summed E-state index contributed by atoms with van der Waals surface area (Å²) in [5.74, 6) is -0.351.